The van der Waals surface area contributed by atoms with Gasteiger partial charge in [0.1, 0.15) is 0 Å². The van der Waals surface area contributed by atoms with Gasteiger partial charge in [0.2, 0.25) is 0 Å². The second-order valence-corrected chi connectivity index (χ2v) is 11.2. The fraction of sp³-hybridized carbons (Fsp3) is 1.00. The van der Waals surface area contributed by atoms with Crippen LogP contribution in [0.15, 0.2) is 0 Å². The molecule has 0 radical (unpaired) electrons. The number of rotatable bonds is 2. The molecule has 4 bridgehead atoms. The van der Waals surface area contributed by atoms with E-state index in [9.17, 15) is 0 Å². The zero-order valence-electron chi connectivity index (χ0n) is 15.4. The Balaban J connectivity index is 1.49. The van der Waals surface area contributed by atoms with E-state index in [1.165, 1.54) is 25.7 Å². The highest BCUT2D eigenvalue weighted by molar-refractivity contribution is 7.08. The Morgan fingerprint density at radius 3 is 1.36 bits per heavy atom. The molecule has 6 rings (SSSR count). The van der Waals surface area contributed by atoms with E-state index in [2.05, 4.69) is 41.5 Å². The molecule has 0 aromatic carbocycles. The van der Waals surface area contributed by atoms with E-state index in [1.54, 1.807) is 0 Å². The van der Waals surface area contributed by atoms with Crippen molar-refractivity contribution < 1.29 is 0 Å². The minimum Gasteiger partial charge on any atom is -0.195 e. The topological polar surface area (TPSA) is 0 Å². The predicted octanol–water partition coefficient (Wildman–Crippen LogP) is 6.36. The van der Waals surface area contributed by atoms with E-state index in [4.69, 9.17) is 11.5 Å². The normalized spacial score (nSPS) is 54.1. The smallest absolute Gasteiger partial charge is 0.195 e. The second kappa shape index (κ2) is 4.71. The molecular formula is C20H34BCl. The third-order valence-corrected chi connectivity index (χ3v) is 10.3. The van der Waals surface area contributed by atoms with Gasteiger partial charge in [-0.15, -0.1) is 0 Å². The highest BCUT2D eigenvalue weighted by Gasteiger charge is 2.62. The lowest BCUT2D eigenvalue weighted by molar-refractivity contribution is -0.106. The van der Waals surface area contributed by atoms with Gasteiger partial charge in [0.05, 0.1) is 0 Å². The lowest BCUT2D eigenvalue weighted by atomic mass is 9.30. The van der Waals surface area contributed by atoms with Gasteiger partial charge >= 0.3 is 0 Å². The fourth-order valence-corrected chi connectivity index (χ4v) is 8.20. The van der Waals surface area contributed by atoms with Gasteiger partial charge in [-0.1, -0.05) is 54.4 Å². The summed E-state index contributed by atoms with van der Waals surface area (Å²) in [6, 6.07) is 0. The van der Waals surface area contributed by atoms with Gasteiger partial charge in [0.25, 0.3) is 6.13 Å². The first kappa shape index (κ1) is 15.9. The summed E-state index contributed by atoms with van der Waals surface area (Å²) in [7, 11) is 0. The van der Waals surface area contributed by atoms with Crippen LogP contribution in [0.4, 0.5) is 0 Å². The molecule has 2 heteroatoms. The lowest BCUT2D eigenvalue weighted by Gasteiger charge is -2.65. The molecule has 0 heterocycles. The van der Waals surface area contributed by atoms with E-state index in [0.717, 1.165) is 47.1 Å². The summed E-state index contributed by atoms with van der Waals surface area (Å²) in [5, 5.41) is 0. The highest BCUT2D eigenvalue weighted by Crippen LogP contribution is 2.69. The molecule has 0 spiro atoms. The Kier molecular flexibility index (Phi) is 3.39. The van der Waals surface area contributed by atoms with Crippen molar-refractivity contribution in [3.05, 3.63) is 0 Å². The molecule has 6 aliphatic carbocycles. The van der Waals surface area contributed by atoms with Crippen molar-refractivity contribution in [2.75, 3.05) is 0 Å². The number of hydrogen-bond donors (Lipinski definition) is 0. The Labute approximate surface area is 143 Å². The molecule has 0 aliphatic heterocycles. The van der Waals surface area contributed by atoms with Gasteiger partial charge in [-0.25, -0.2) is 0 Å². The Morgan fingerprint density at radius 1 is 0.727 bits per heavy atom. The first-order chi connectivity index (χ1) is 10.2. The molecule has 6 fully saturated rings. The van der Waals surface area contributed by atoms with Crippen LogP contribution in [0.2, 0.25) is 11.6 Å². The van der Waals surface area contributed by atoms with E-state index < -0.39 is 0 Å². The van der Waals surface area contributed by atoms with E-state index in [-0.39, 0.29) is 0 Å². The summed E-state index contributed by atoms with van der Waals surface area (Å²) < 4.78 is 0. The summed E-state index contributed by atoms with van der Waals surface area (Å²) in [5.74, 6) is 7.00. The van der Waals surface area contributed by atoms with Gasteiger partial charge < -0.3 is 0 Å². The first-order valence-electron chi connectivity index (χ1n) is 9.79. The monoisotopic (exact) mass is 320 g/mol. The molecule has 22 heavy (non-hydrogen) atoms. The van der Waals surface area contributed by atoms with Crippen molar-refractivity contribution >= 4 is 17.6 Å². The minimum atomic E-state index is 0.438. The molecule has 0 amide bonds. The summed E-state index contributed by atoms with van der Waals surface area (Å²) >= 11 is 7.19. The van der Waals surface area contributed by atoms with E-state index in [1.807, 2.05) is 0 Å². The van der Waals surface area contributed by atoms with Crippen molar-refractivity contribution in [3.8, 4) is 0 Å². The predicted molar refractivity (Wildman–Crippen MR) is 97.4 cm³/mol. The molecule has 6 aliphatic rings. The molecule has 0 nitrogen and oxygen atoms in total. The number of hydrogen-bond acceptors (Lipinski definition) is 0. The Bertz CT molecular complexity index is 428. The van der Waals surface area contributed by atoms with Crippen LogP contribution in [-0.2, 0) is 0 Å². The Morgan fingerprint density at radius 2 is 1.09 bits per heavy atom. The van der Waals surface area contributed by atoms with Crippen molar-refractivity contribution in [1.29, 1.82) is 0 Å². The molecule has 6 saturated carbocycles. The maximum atomic E-state index is 7.19. The van der Waals surface area contributed by atoms with Crippen LogP contribution in [0.1, 0.15) is 67.2 Å². The number of fused-ring (bicyclic) bond motifs is 4. The van der Waals surface area contributed by atoms with Crippen molar-refractivity contribution in [1.82, 2.24) is 0 Å². The lowest BCUT2D eigenvalue weighted by Crippen LogP contribution is -2.58. The van der Waals surface area contributed by atoms with Crippen molar-refractivity contribution in [3.63, 3.8) is 0 Å². The summed E-state index contributed by atoms with van der Waals surface area (Å²) in [6.07, 6.45) is 6.20. The van der Waals surface area contributed by atoms with Crippen LogP contribution in [0.5, 0.6) is 0 Å². The maximum Gasteiger partial charge on any atom is 0.257 e. The molecule has 0 N–H and O–H groups in total. The van der Waals surface area contributed by atoms with Gasteiger partial charge in [-0.05, 0) is 70.8 Å². The van der Waals surface area contributed by atoms with Crippen LogP contribution < -0.4 is 0 Å². The SMILES string of the molecule is C[C@@H]1[C@H]2C[C@@H](C[C@H]1B(Cl)[C@@H]1C[C@H]3C[C@@H]([C@H]1C)C3(C)C)C2(C)C. The summed E-state index contributed by atoms with van der Waals surface area (Å²) in [5.41, 5.74) is 1.18. The van der Waals surface area contributed by atoms with Gasteiger partial charge in [0, 0.05) is 0 Å². The van der Waals surface area contributed by atoms with Crippen LogP contribution >= 0.6 is 11.5 Å². The third kappa shape index (κ3) is 1.84. The largest absolute Gasteiger partial charge is 0.257 e. The van der Waals surface area contributed by atoms with Gasteiger partial charge in [-0.2, -0.15) is 11.5 Å². The fourth-order valence-electron chi connectivity index (χ4n) is 7.54. The van der Waals surface area contributed by atoms with E-state index >= 15 is 0 Å². The average Bonchev–Trinajstić information content (AvgIpc) is 2.45. The second-order valence-electron chi connectivity index (χ2n) is 10.7. The standard InChI is InChI=1S/C20H34BCl/c1-11-15-7-13(19(15,3)4)9-17(11)21(22)18-10-14-8-16(12(18)2)20(14,5)6/h11-18H,7-10H2,1-6H3/t11-,12-,13-,14+,15+,16-,17-,18-/m1/s1. The molecule has 8 atom stereocenters. The molecular weight excluding hydrogens is 286 g/mol. The highest BCUT2D eigenvalue weighted by atomic mass is 35.5. The molecule has 0 saturated heterocycles. The molecule has 0 aromatic heterocycles. The van der Waals surface area contributed by atoms with Crippen LogP contribution in [0.3, 0.4) is 0 Å². The van der Waals surface area contributed by atoms with Gasteiger partial charge in [0.15, 0.2) is 0 Å². The summed E-state index contributed by atoms with van der Waals surface area (Å²) in [4.78, 5) is 0. The third-order valence-electron chi connectivity index (χ3n) is 9.64. The Hall–Kier alpha value is 0.355. The zero-order chi connectivity index (χ0) is 16.0. The maximum absolute atomic E-state index is 7.19. The van der Waals surface area contributed by atoms with Crippen LogP contribution in [0, 0.1) is 46.3 Å². The number of halogens is 1. The van der Waals surface area contributed by atoms with E-state index in [0.29, 0.717) is 17.0 Å². The van der Waals surface area contributed by atoms with Crippen LogP contribution in [-0.4, -0.2) is 6.13 Å². The van der Waals surface area contributed by atoms with Crippen molar-refractivity contribution in [2.24, 2.45) is 46.3 Å². The van der Waals surface area contributed by atoms with Crippen molar-refractivity contribution in [2.45, 2.75) is 78.9 Å². The molecule has 0 unspecified atom stereocenters. The summed E-state index contributed by atoms with van der Waals surface area (Å²) in [6.45, 7) is 15.0. The minimum absolute atomic E-state index is 0.438. The average molecular weight is 321 g/mol. The van der Waals surface area contributed by atoms with Gasteiger partial charge in [-0.3, -0.25) is 0 Å². The molecule has 124 valence electrons. The molecule has 0 aromatic rings. The van der Waals surface area contributed by atoms with Crippen LogP contribution in [0.25, 0.3) is 0 Å². The quantitative estimate of drug-likeness (QED) is 0.519. The first-order valence-corrected chi connectivity index (χ1v) is 10.2. The zero-order valence-corrected chi connectivity index (χ0v) is 16.2.